The van der Waals surface area contributed by atoms with E-state index in [2.05, 4.69) is 41.4 Å². The second kappa shape index (κ2) is 31.3. The van der Waals surface area contributed by atoms with Gasteiger partial charge in [0.25, 0.3) is 0 Å². The van der Waals surface area contributed by atoms with Crippen molar-refractivity contribution in [1.82, 2.24) is 14.5 Å². The third-order valence-corrected chi connectivity index (χ3v) is 10.0. The van der Waals surface area contributed by atoms with Gasteiger partial charge in [-0.25, -0.2) is 4.98 Å². The van der Waals surface area contributed by atoms with Gasteiger partial charge >= 0.3 is 5.97 Å². The Morgan fingerprint density at radius 2 is 1.02 bits per heavy atom. The molecule has 264 valence electrons. The molecule has 1 aromatic rings. The SMILES string of the molecule is CCCCCCCCCN(CCCCCCC(C(=O)O)C(CCCCCCCC)CCCCCCCC)CCCn1ccnc1. The van der Waals surface area contributed by atoms with E-state index in [-0.39, 0.29) is 5.92 Å². The Bertz CT molecular complexity index is 722. The van der Waals surface area contributed by atoms with Crippen molar-refractivity contribution in [2.24, 2.45) is 11.8 Å². The van der Waals surface area contributed by atoms with E-state index in [1.54, 1.807) is 0 Å². The number of aliphatic carboxylic acids is 1. The highest BCUT2D eigenvalue weighted by molar-refractivity contribution is 5.70. The van der Waals surface area contributed by atoms with E-state index < -0.39 is 5.97 Å². The van der Waals surface area contributed by atoms with Gasteiger partial charge in [-0.3, -0.25) is 4.79 Å². The lowest BCUT2D eigenvalue weighted by Crippen LogP contribution is -2.28. The Hall–Kier alpha value is -1.36. The minimum Gasteiger partial charge on any atom is -0.481 e. The van der Waals surface area contributed by atoms with Gasteiger partial charge < -0.3 is 14.6 Å². The zero-order valence-electron chi connectivity index (χ0n) is 30.5. The number of hydrogen-bond acceptors (Lipinski definition) is 3. The number of imidazole rings is 1. The first-order valence-corrected chi connectivity index (χ1v) is 20.0. The molecule has 0 radical (unpaired) electrons. The lowest BCUT2D eigenvalue weighted by atomic mass is 9.80. The summed E-state index contributed by atoms with van der Waals surface area (Å²) in [7, 11) is 0. The molecule has 0 aliphatic rings. The lowest BCUT2D eigenvalue weighted by Gasteiger charge is -2.25. The molecule has 0 aliphatic carbocycles. The topological polar surface area (TPSA) is 58.4 Å². The molecule has 0 aromatic carbocycles. The average molecular weight is 632 g/mol. The predicted molar refractivity (Wildman–Crippen MR) is 195 cm³/mol. The maximum atomic E-state index is 12.5. The highest BCUT2D eigenvalue weighted by Crippen LogP contribution is 2.30. The van der Waals surface area contributed by atoms with Crippen LogP contribution in [0.15, 0.2) is 18.7 Å². The molecule has 1 aromatic heterocycles. The summed E-state index contributed by atoms with van der Waals surface area (Å²) in [5, 5.41) is 10.3. The number of carboxylic acids is 1. The van der Waals surface area contributed by atoms with Gasteiger partial charge in [-0.15, -0.1) is 0 Å². The third kappa shape index (κ3) is 24.5. The van der Waals surface area contributed by atoms with Gasteiger partial charge in [0, 0.05) is 18.9 Å². The first-order chi connectivity index (χ1) is 22.1. The van der Waals surface area contributed by atoms with Crippen LogP contribution in [0.2, 0.25) is 0 Å². The lowest BCUT2D eigenvalue weighted by molar-refractivity contribution is -0.144. The van der Waals surface area contributed by atoms with Gasteiger partial charge in [-0.2, -0.15) is 0 Å². The first kappa shape index (κ1) is 41.7. The highest BCUT2D eigenvalue weighted by atomic mass is 16.4. The van der Waals surface area contributed by atoms with Gasteiger partial charge in [0.15, 0.2) is 0 Å². The second-order valence-electron chi connectivity index (χ2n) is 14.1. The fourth-order valence-corrected chi connectivity index (χ4v) is 7.06. The predicted octanol–water partition coefficient (Wildman–Crippen LogP) is 12.1. The summed E-state index contributed by atoms with van der Waals surface area (Å²) in [5.41, 5.74) is 0. The van der Waals surface area contributed by atoms with Gasteiger partial charge in [0.05, 0.1) is 12.2 Å². The van der Waals surface area contributed by atoms with Crippen LogP contribution < -0.4 is 0 Å². The van der Waals surface area contributed by atoms with Crippen LogP contribution in [0.25, 0.3) is 0 Å². The van der Waals surface area contributed by atoms with E-state index in [1.807, 2.05) is 12.5 Å². The molecule has 1 N–H and O–H groups in total. The van der Waals surface area contributed by atoms with E-state index >= 15 is 0 Å². The van der Waals surface area contributed by atoms with Crippen molar-refractivity contribution in [3.05, 3.63) is 18.7 Å². The second-order valence-corrected chi connectivity index (χ2v) is 14.1. The quantitative estimate of drug-likeness (QED) is 0.0757. The largest absolute Gasteiger partial charge is 0.481 e. The van der Waals surface area contributed by atoms with Crippen molar-refractivity contribution in [3.63, 3.8) is 0 Å². The molecule has 1 unspecified atom stereocenters. The molecule has 0 saturated heterocycles. The Balaban J connectivity index is 2.46. The number of unbranched alkanes of at least 4 members (excludes halogenated alkanes) is 19. The zero-order chi connectivity index (χ0) is 32.6. The maximum Gasteiger partial charge on any atom is 0.306 e. The maximum absolute atomic E-state index is 12.5. The summed E-state index contributed by atoms with van der Waals surface area (Å²) in [5.74, 6) is -0.308. The van der Waals surface area contributed by atoms with Crippen LogP contribution >= 0.6 is 0 Å². The molecule has 0 saturated carbocycles. The molecule has 0 aliphatic heterocycles. The van der Waals surface area contributed by atoms with Gasteiger partial charge in [0.1, 0.15) is 0 Å². The number of rotatable bonds is 35. The van der Waals surface area contributed by atoms with Crippen LogP contribution in [0, 0.1) is 11.8 Å². The molecule has 1 atom stereocenters. The van der Waals surface area contributed by atoms with Gasteiger partial charge in [-0.1, -0.05) is 156 Å². The molecule has 45 heavy (non-hydrogen) atoms. The number of aromatic nitrogens is 2. The highest BCUT2D eigenvalue weighted by Gasteiger charge is 2.27. The Kier molecular flexibility index (Phi) is 28.9. The molecule has 0 bridgehead atoms. The number of carbonyl (C=O) groups is 1. The molecule has 0 amide bonds. The fraction of sp³-hybridized carbons (Fsp3) is 0.900. The molecule has 0 spiro atoms. The van der Waals surface area contributed by atoms with E-state index in [1.165, 1.54) is 161 Å². The van der Waals surface area contributed by atoms with E-state index in [4.69, 9.17) is 0 Å². The van der Waals surface area contributed by atoms with Crippen molar-refractivity contribution in [2.45, 2.75) is 201 Å². The molecule has 1 rings (SSSR count). The molecule has 1 heterocycles. The summed E-state index contributed by atoms with van der Waals surface area (Å²) >= 11 is 0. The number of carboxylic acid groups (broad SMARTS) is 1. The molecule has 5 heteroatoms. The number of aryl methyl sites for hydroxylation is 1. The first-order valence-electron chi connectivity index (χ1n) is 20.0. The number of nitrogens with zero attached hydrogens (tertiary/aromatic N) is 3. The normalized spacial score (nSPS) is 12.5. The van der Waals surface area contributed by atoms with Crippen molar-refractivity contribution >= 4 is 5.97 Å². The summed E-state index contributed by atoms with van der Waals surface area (Å²) < 4.78 is 2.19. The van der Waals surface area contributed by atoms with Crippen LogP contribution in [0.4, 0.5) is 0 Å². The third-order valence-electron chi connectivity index (χ3n) is 10.0. The van der Waals surface area contributed by atoms with Crippen LogP contribution in [0.5, 0.6) is 0 Å². The monoisotopic (exact) mass is 632 g/mol. The van der Waals surface area contributed by atoms with Crippen LogP contribution in [0.3, 0.4) is 0 Å². The number of hydrogen-bond donors (Lipinski definition) is 1. The molecular weight excluding hydrogens is 554 g/mol. The standard InChI is InChI=1S/C40H77N3O2/c1-4-7-10-13-16-20-25-32-42(34-27-35-43-36-31-41-37-43)33-26-21-19-24-30-39(40(44)45)38(28-22-17-14-11-8-5-2)29-23-18-15-12-9-6-3/h31,36-39H,4-30,32-35H2,1-3H3,(H,44,45). The minimum atomic E-state index is -0.532. The van der Waals surface area contributed by atoms with E-state index in [9.17, 15) is 9.90 Å². The Morgan fingerprint density at radius 3 is 1.47 bits per heavy atom. The van der Waals surface area contributed by atoms with Gasteiger partial charge in [-0.05, 0) is 64.1 Å². The molecular formula is C40H77N3O2. The van der Waals surface area contributed by atoms with Crippen molar-refractivity contribution in [2.75, 3.05) is 19.6 Å². The van der Waals surface area contributed by atoms with E-state index in [0.717, 1.165) is 38.8 Å². The summed E-state index contributed by atoms with van der Waals surface area (Å²) in [4.78, 5) is 19.4. The minimum absolute atomic E-state index is 0.145. The smallest absolute Gasteiger partial charge is 0.306 e. The molecule has 0 fully saturated rings. The summed E-state index contributed by atoms with van der Waals surface area (Å²) in [6.45, 7) is 11.4. The van der Waals surface area contributed by atoms with Gasteiger partial charge in [0.2, 0.25) is 0 Å². The van der Waals surface area contributed by atoms with Crippen LogP contribution in [-0.2, 0) is 11.3 Å². The summed E-state index contributed by atoms with van der Waals surface area (Å²) in [6.07, 6.45) is 39.9. The Labute approximate surface area is 280 Å². The summed E-state index contributed by atoms with van der Waals surface area (Å²) in [6, 6.07) is 0. The van der Waals surface area contributed by atoms with Crippen molar-refractivity contribution in [3.8, 4) is 0 Å². The van der Waals surface area contributed by atoms with E-state index in [0.29, 0.717) is 5.92 Å². The van der Waals surface area contributed by atoms with Crippen molar-refractivity contribution in [1.29, 1.82) is 0 Å². The van der Waals surface area contributed by atoms with Crippen LogP contribution in [-0.4, -0.2) is 45.2 Å². The zero-order valence-corrected chi connectivity index (χ0v) is 30.5. The average Bonchev–Trinajstić information content (AvgIpc) is 3.56. The van der Waals surface area contributed by atoms with Crippen LogP contribution in [0.1, 0.15) is 194 Å². The molecule has 5 nitrogen and oxygen atoms in total. The Morgan fingerprint density at radius 1 is 0.600 bits per heavy atom. The van der Waals surface area contributed by atoms with Crippen molar-refractivity contribution < 1.29 is 9.90 Å². The fourth-order valence-electron chi connectivity index (χ4n) is 7.06.